The quantitative estimate of drug-likeness (QED) is 0.667. The zero-order valence-corrected chi connectivity index (χ0v) is 16.2. The second-order valence-electron chi connectivity index (χ2n) is 7.58. The average Bonchev–Trinajstić information content (AvgIpc) is 2.80. The summed E-state index contributed by atoms with van der Waals surface area (Å²) in [4.78, 5) is 27.2. The normalized spacial score (nSPS) is 30.5. The van der Waals surface area contributed by atoms with Gasteiger partial charge in [-0.3, -0.25) is 14.5 Å². The molecule has 9 heteroatoms. The van der Waals surface area contributed by atoms with Crippen LogP contribution in [0.25, 0.3) is 0 Å². The molecule has 3 saturated heterocycles. The number of piperazine rings is 1. The van der Waals surface area contributed by atoms with Gasteiger partial charge in [-0.2, -0.15) is 4.31 Å². The number of carbonyl (C=O) groups is 2. The Bertz CT molecular complexity index is 656. The highest BCUT2D eigenvalue weighted by molar-refractivity contribution is 7.89. The van der Waals surface area contributed by atoms with E-state index in [0.717, 1.165) is 19.3 Å². The van der Waals surface area contributed by atoms with Gasteiger partial charge in [-0.1, -0.05) is 0 Å². The van der Waals surface area contributed by atoms with E-state index in [1.54, 1.807) is 4.90 Å². The van der Waals surface area contributed by atoms with Crippen LogP contribution in [-0.2, 0) is 19.6 Å². The van der Waals surface area contributed by atoms with E-state index in [0.29, 0.717) is 51.6 Å². The van der Waals surface area contributed by atoms with Crippen molar-refractivity contribution in [1.82, 2.24) is 14.1 Å². The van der Waals surface area contributed by atoms with E-state index in [1.807, 2.05) is 0 Å². The zero-order chi connectivity index (χ0) is 18.9. The van der Waals surface area contributed by atoms with E-state index in [9.17, 15) is 18.0 Å². The molecule has 26 heavy (non-hydrogen) atoms. The molecule has 2 atom stereocenters. The Morgan fingerprint density at radius 3 is 2.54 bits per heavy atom. The smallest absolute Gasteiger partial charge is 0.237 e. The van der Waals surface area contributed by atoms with Crippen molar-refractivity contribution in [3.05, 3.63) is 6.42 Å². The SMILES string of the molecule is CC(=O)N1CCN(S(=O)(=O)CCCN2[C@@H]3C[CH]C[C@@]2(C(N)=O)CC3)CC1. The zero-order valence-electron chi connectivity index (χ0n) is 15.4. The third-order valence-corrected chi connectivity index (χ3v) is 8.10. The lowest BCUT2D eigenvalue weighted by Gasteiger charge is -2.42. The van der Waals surface area contributed by atoms with E-state index < -0.39 is 15.6 Å². The largest absolute Gasteiger partial charge is 0.368 e. The number of hydrogen-bond acceptors (Lipinski definition) is 5. The first-order valence-corrected chi connectivity index (χ1v) is 11.0. The monoisotopic (exact) mass is 385 g/mol. The molecule has 1 radical (unpaired) electrons. The summed E-state index contributed by atoms with van der Waals surface area (Å²) in [5.74, 6) is -0.246. The highest BCUT2D eigenvalue weighted by Crippen LogP contribution is 2.43. The maximum atomic E-state index is 12.6. The van der Waals surface area contributed by atoms with Gasteiger partial charge in [0.15, 0.2) is 0 Å². The molecular formula is C17H29N4O4S. The van der Waals surface area contributed by atoms with E-state index >= 15 is 0 Å². The van der Waals surface area contributed by atoms with Crippen molar-refractivity contribution in [2.45, 2.75) is 50.6 Å². The van der Waals surface area contributed by atoms with Crippen LogP contribution < -0.4 is 5.73 Å². The number of fused-ring (bicyclic) bond motifs is 2. The number of piperidine rings is 1. The second kappa shape index (κ2) is 7.44. The molecule has 2 bridgehead atoms. The Kier molecular flexibility index (Phi) is 5.60. The Balaban J connectivity index is 1.54. The number of rotatable bonds is 6. The minimum Gasteiger partial charge on any atom is -0.368 e. The Labute approximate surface area is 155 Å². The number of carbonyl (C=O) groups excluding carboxylic acids is 2. The summed E-state index contributed by atoms with van der Waals surface area (Å²) in [6.07, 6.45) is 5.95. The molecule has 0 aromatic carbocycles. The fourth-order valence-electron chi connectivity index (χ4n) is 4.62. The number of nitrogens with two attached hydrogens (primary N) is 1. The van der Waals surface area contributed by atoms with Crippen LogP contribution in [0.1, 0.15) is 39.0 Å². The molecule has 2 N–H and O–H groups in total. The molecule has 3 aliphatic rings. The summed E-state index contributed by atoms with van der Waals surface area (Å²) in [5, 5.41) is 0. The summed E-state index contributed by atoms with van der Waals surface area (Å²) in [6, 6.07) is 0.304. The molecule has 8 nitrogen and oxygen atoms in total. The average molecular weight is 386 g/mol. The summed E-state index contributed by atoms with van der Waals surface area (Å²) in [6.45, 7) is 3.69. The molecule has 147 valence electrons. The van der Waals surface area contributed by atoms with Crippen molar-refractivity contribution in [1.29, 1.82) is 0 Å². The fraction of sp³-hybridized carbons (Fsp3) is 0.824. The van der Waals surface area contributed by atoms with Crippen LogP contribution in [0.3, 0.4) is 0 Å². The summed E-state index contributed by atoms with van der Waals surface area (Å²) < 4.78 is 26.7. The van der Waals surface area contributed by atoms with Gasteiger partial charge in [0, 0.05) is 45.7 Å². The van der Waals surface area contributed by atoms with Crippen molar-refractivity contribution in [3.8, 4) is 0 Å². The van der Waals surface area contributed by atoms with Crippen molar-refractivity contribution >= 4 is 21.8 Å². The predicted octanol–water partition coefficient (Wildman–Crippen LogP) is -0.443. The van der Waals surface area contributed by atoms with Crippen LogP contribution in [0.2, 0.25) is 0 Å². The van der Waals surface area contributed by atoms with Crippen molar-refractivity contribution in [2.75, 3.05) is 38.5 Å². The number of amides is 2. The summed E-state index contributed by atoms with van der Waals surface area (Å²) >= 11 is 0. The van der Waals surface area contributed by atoms with Crippen LogP contribution >= 0.6 is 0 Å². The van der Waals surface area contributed by atoms with Gasteiger partial charge in [0.25, 0.3) is 0 Å². The molecule has 0 aromatic rings. The maximum Gasteiger partial charge on any atom is 0.237 e. The number of primary amides is 1. The van der Waals surface area contributed by atoms with Crippen molar-refractivity contribution in [3.63, 3.8) is 0 Å². The number of sulfonamides is 1. The lowest BCUT2D eigenvalue weighted by Crippen LogP contribution is -2.58. The molecule has 0 unspecified atom stereocenters. The van der Waals surface area contributed by atoms with Gasteiger partial charge in [-0.25, -0.2) is 8.42 Å². The van der Waals surface area contributed by atoms with Gasteiger partial charge < -0.3 is 10.6 Å². The predicted molar refractivity (Wildman–Crippen MR) is 97.4 cm³/mol. The van der Waals surface area contributed by atoms with Gasteiger partial charge in [-0.05, 0) is 38.5 Å². The Morgan fingerprint density at radius 2 is 1.92 bits per heavy atom. The van der Waals surface area contributed by atoms with E-state index in [4.69, 9.17) is 5.73 Å². The highest BCUT2D eigenvalue weighted by atomic mass is 32.2. The number of hydrogen-bond donors (Lipinski definition) is 1. The van der Waals surface area contributed by atoms with Crippen LogP contribution in [0.15, 0.2) is 0 Å². The van der Waals surface area contributed by atoms with Gasteiger partial charge in [0.05, 0.1) is 5.75 Å². The first-order chi connectivity index (χ1) is 12.3. The summed E-state index contributed by atoms with van der Waals surface area (Å²) in [7, 11) is -3.34. The van der Waals surface area contributed by atoms with Crippen LogP contribution in [0.4, 0.5) is 0 Å². The van der Waals surface area contributed by atoms with E-state index in [-0.39, 0.29) is 17.6 Å². The molecule has 2 amide bonds. The maximum absolute atomic E-state index is 12.6. The van der Waals surface area contributed by atoms with Gasteiger partial charge in [-0.15, -0.1) is 0 Å². The molecule has 0 aromatic heterocycles. The first-order valence-electron chi connectivity index (χ1n) is 9.38. The van der Waals surface area contributed by atoms with Crippen LogP contribution in [0, 0.1) is 6.42 Å². The minimum absolute atomic E-state index is 0.0174. The standard InChI is InChI=1S/C17H29N4O4S/c1-14(22)19-9-11-20(12-10-19)26(24,25)13-3-8-21-15-4-2-6-17(21,7-5-15)16(18)23/h2,15H,3-13H2,1H3,(H2,18,23)/t15-,17+/m1/s1. The lowest BCUT2D eigenvalue weighted by atomic mass is 9.87. The fourth-order valence-corrected chi connectivity index (χ4v) is 6.09. The van der Waals surface area contributed by atoms with Gasteiger partial charge >= 0.3 is 0 Å². The Morgan fingerprint density at radius 1 is 1.23 bits per heavy atom. The third kappa shape index (κ3) is 3.61. The first kappa shape index (κ1) is 19.6. The molecule has 3 rings (SSSR count). The lowest BCUT2D eigenvalue weighted by molar-refractivity contribution is -0.131. The third-order valence-electron chi connectivity index (χ3n) is 6.14. The van der Waals surface area contributed by atoms with Crippen molar-refractivity contribution < 1.29 is 18.0 Å². The number of nitrogens with zero attached hydrogens (tertiary/aromatic N) is 3. The van der Waals surface area contributed by atoms with Crippen LogP contribution in [-0.4, -0.2) is 84.4 Å². The summed E-state index contributed by atoms with van der Waals surface area (Å²) in [5.41, 5.74) is 5.07. The van der Waals surface area contributed by atoms with Crippen molar-refractivity contribution in [2.24, 2.45) is 5.73 Å². The van der Waals surface area contributed by atoms with Crippen LogP contribution in [0.5, 0.6) is 0 Å². The Hall–Kier alpha value is -1.19. The molecule has 3 heterocycles. The van der Waals surface area contributed by atoms with Gasteiger partial charge in [0.2, 0.25) is 21.8 Å². The van der Waals surface area contributed by atoms with E-state index in [2.05, 4.69) is 11.3 Å². The minimum atomic E-state index is -3.34. The molecular weight excluding hydrogens is 356 g/mol. The highest BCUT2D eigenvalue weighted by Gasteiger charge is 2.52. The molecule has 3 aliphatic heterocycles. The topological polar surface area (TPSA) is 104 Å². The van der Waals surface area contributed by atoms with Gasteiger partial charge in [0.1, 0.15) is 5.54 Å². The second-order valence-corrected chi connectivity index (χ2v) is 9.67. The molecule has 3 fully saturated rings. The van der Waals surface area contributed by atoms with E-state index in [1.165, 1.54) is 11.2 Å². The molecule has 0 aliphatic carbocycles. The molecule has 0 saturated carbocycles. The molecule has 0 spiro atoms.